The molecule has 174 valence electrons. The van der Waals surface area contributed by atoms with Crippen molar-refractivity contribution in [2.45, 2.75) is 82.6 Å². The van der Waals surface area contributed by atoms with Gasteiger partial charge in [-0.2, -0.15) is 0 Å². The van der Waals surface area contributed by atoms with Crippen molar-refractivity contribution in [3.8, 4) is 11.8 Å². The van der Waals surface area contributed by atoms with Crippen molar-refractivity contribution in [1.82, 2.24) is 0 Å². The summed E-state index contributed by atoms with van der Waals surface area (Å²) in [5.74, 6) is 8.46. The first-order chi connectivity index (χ1) is 15.8. The lowest BCUT2D eigenvalue weighted by molar-refractivity contribution is -0.114. The van der Waals surface area contributed by atoms with Gasteiger partial charge in [-0.3, -0.25) is 4.79 Å². The zero-order valence-electron chi connectivity index (χ0n) is 20.4. The van der Waals surface area contributed by atoms with Crippen LogP contribution < -0.4 is 0 Å². The van der Waals surface area contributed by atoms with Crippen molar-refractivity contribution < 1.29 is 9.90 Å². The number of allylic oxidation sites excluding steroid dienone is 4. The predicted molar refractivity (Wildman–Crippen MR) is 136 cm³/mol. The average molecular weight is 461 g/mol. The summed E-state index contributed by atoms with van der Waals surface area (Å²) in [6, 6.07) is 9.14. The van der Waals surface area contributed by atoms with E-state index in [-0.39, 0.29) is 10.8 Å². The zero-order chi connectivity index (χ0) is 23.4. The number of aliphatic hydroxyl groups is 1. The van der Waals surface area contributed by atoms with Gasteiger partial charge >= 0.3 is 0 Å². The van der Waals surface area contributed by atoms with Crippen molar-refractivity contribution in [1.29, 1.82) is 0 Å². The first kappa shape index (κ1) is 23.0. The predicted octanol–water partition coefficient (Wildman–Crippen LogP) is 6.70. The minimum atomic E-state index is -0.444. The van der Waals surface area contributed by atoms with Gasteiger partial charge in [0, 0.05) is 17.2 Å². The van der Waals surface area contributed by atoms with Gasteiger partial charge in [-0.25, -0.2) is 0 Å². The van der Waals surface area contributed by atoms with E-state index in [1.54, 1.807) is 17.3 Å². The van der Waals surface area contributed by atoms with E-state index in [1.807, 2.05) is 19.9 Å². The molecule has 0 radical (unpaired) electrons. The van der Waals surface area contributed by atoms with E-state index < -0.39 is 6.10 Å². The highest BCUT2D eigenvalue weighted by atomic mass is 32.2. The molecule has 1 aromatic rings. The van der Waals surface area contributed by atoms with Gasteiger partial charge in [0.25, 0.3) is 0 Å². The summed E-state index contributed by atoms with van der Waals surface area (Å²) in [6.45, 7) is 6.32. The van der Waals surface area contributed by atoms with Crippen LogP contribution in [0.3, 0.4) is 0 Å². The maximum atomic E-state index is 12.2. The molecule has 2 nitrogen and oxygen atoms in total. The third-order valence-corrected chi connectivity index (χ3v) is 10.3. The Morgan fingerprint density at radius 2 is 1.91 bits per heavy atom. The highest BCUT2D eigenvalue weighted by Gasteiger charge is 2.64. The molecule has 0 spiro atoms. The highest BCUT2D eigenvalue weighted by molar-refractivity contribution is 7.98. The van der Waals surface area contributed by atoms with E-state index in [1.165, 1.54) is 21.6 Å². The number of hydrogen-bond donors (Lipinski definition) is 1. The molecule has 4 aliphatic rings. The molecule has 1 unspecified atom stereocenters. The van der Waals surface area contributed by atoms with E-state index >= 15 is 0 Å². The van der Waals surface area contributed by atoms with E-state index in [2.05, 4.69) is 49.3 Å². The Labute approximate surface area is 203 Å². The fraction of sp³-hybridized carbons (Fsp3) is 0.567. The first-order valence-corrected chi connectivity index (χ1v) is 13.8. The monoisotopic (exact) mass is 460 g/mol. The molecule has 0 bridgehead atoms. The summed E-state index contributed by atoms with van der Waals surface area (Å²) in [6.07, 6.45) is 10.4. The highest BCUT2D eigenvalue weighted by Crippen LogP contribution is 2.70. The number of aliphatic hydroxyl groups excluding tert-OH is 1. The number of fused-ring (bicyclic) bond motifs is 4. The van der Waals surface area contributed by atoms with Gasteiger partial charge in [-0.1, -0.05) is 30.6 Å². The van der Waals surface area contributed by atoms with Gasteiger partial charge in [0.15, 0.2) is 5.78 Å². The molecule has 2 fully saturated rings. The minimum absolute atomic E-state index is 0.0343. The molecule has 5 rings (SSSR count). The fourth-order valence-corrected chi connectivity index (χ4v) is 8.48. The van der Waals surface area contributed by atoms with Gasteiger partial charge in [0.2, 0.25) is 0 Å². The maximum absolute atomic E-state index is 12.2. The lowest BCUT2D eigenvalue weighted by atomic mass is 9.48. The summed E-state index contributed by atoms with van der Waals surface area (Å²) in [7, 11) is 0. The van der Waals surface area contributed by atoms with Crippen LogP contribution in [0.2, 0.25) is 0 Å². The molecule has 4 aliphatic carbocycles. The van der Waals surface area contributed by atoms with Crippen molar-refractivity contribution in [3.05, 3.63) is 52.6 Å². The third kappa shape index (κ3) is 3.40. The van der Waals surface area contributed by atoms with Crippen LogP contribution in [0.25, 0.3) is 0 Å². The summed E-state index contributed by atoms with van der Waals surface area (Å²) in [5.41, 5.74) is 5.41. The summed E-state index contributed by atoms with van der Waals surface area (Å²) >= 11 is 1.78. The second-order valence-corrected chi connectivity index (χ2v) is 11.7. The molecule has 0 aliphatic heterocycles. The van der Waals surface area contributed by atoms with E-state index in [4.69, 9.17) is 0 Å². The largest absolute Gasteiger partial charge is 0.392 e. The van der Waals surface area contributed by atoms with Gasteiger partial charge in [-0.15, -0.1) is 17.7 Å². The number of thioether (sulfide) groups is 1. The second-order valence-electron chi connectivity index (χ2n) is 10.8. The van der Waals surface area contributed by atoms with Crippen molar-refractivity contribution >= 4 is 17.5 Å². The minimum Gasteiger partial charge on any atom is -0.392 e. The quantitative estimate of drug-likeness (QED) is 0.403. The molecule has 0 amide bonds. The fourth-order valence-electron chi connectivity index (χ4n) is 8.08. The Kier molecular flexibility index (Phi) is 5.91. The van der Waals surface area contributed by atoms with Crippen LogP contribution in [0.4, 0.5) is 0 Å². The zero-order valence-corrected chi connectivity index (χ0v) is 21.2. The standard InChI is InChI=1S/C30H36O2S/c1-5-15-30(19(2)31)16-14-27-25-12-8-21-17-22(32)9-13-24(21)28(25)26(18-29(27,30)3)20-6-10-23(33-4)11-7-20/h6-7,10-11,17,19,25-27,31H,8-9,12-14,16,18H2,1-4H3/t19?,25-,26+,27-,29-,30+/m0/s1. The van der Waals surface area contributed by atoms with E-state index in [9.17, 15) is 9.90 Å². The van der Waals surface area contributed by atoms with E-state index in [0.29, 0.717) is 30.0 Å². The first-order valence-electron chi connectivity index (χ1n) is 12.6. The number of carbonyl (C=O) groups excluding carboxylic acids is 1. The number of benzene rings is 1. The molecular formula is C30H36O2S. The number of rotatable bonds is 3. The Hall–Kier alpha value is -1.76. The molecule has 1 N–H and O–H groups in total. The summed E-state index contributed by atoms with van der Waals surface area (Å²) in [5, 5.41) is 11.1. The molecular weight excluding hydrogens is 424 g/mol. The second kappa shape index (κ2) is 8.47. The van der Waals surface area contributed by atoms with E-state index in [0.717, 1.165) is 38.5 Å². The molecule has 0 heterocycles. The maximum Gasteiger partial charge on any atom is 0.156 e. The number of ketones is 1. The van der Waals surface area contributed by atoms with Crippen LogP contribution in [-0.4, -0.2) is 23.2 Å². The van der Waals surface area contributed by atoms with Gasteiger partial charge in [0.1, 0.15) is 0 Å². The van der Waals surface area contributed by atoms with Crippen LogP contribution >= 0.6 is 11.8 Å². The molecule has 1 aromatic carbocycles. The summed E-state index contributed by atoms with van der Waals surface area (Å²) in [4.78, 5) is 13.5. The third-order valence-electron chi connectivity index (χ3n) is 9.57. The molecule has 33 heavy (non-hydrogen) atoms. The lowest BCUT2D eigenvalue weighted by Crippen LogP contribution is -2.51. The van der Waals surface area contributed by atoms with Gasteiger partial charge in [0.05, 0.1) is 11.5 Å². The van der Waals surface area contributed by atoms with Crippen LogP contribution in [0.15, 0.2) is 52.0 Å². The van der Waals surface area contributed by atoms with Crippen LogP contribution in [-0.2, 0) is 4.79 Å². The van der Waals surface area contributed by atoms with Crippen LogP contribution in [0.5, 0.6) is 0 Å². The van der Waals surface area contributed by atoms with Crippen LogP contribution in [0.1, 0.15) is 77.2 Å². The lowest BCUT2D eigenvalue weighted by Gasteiger charge is -2.56. The van der Waals surface area contributed by atoms with Crippen molar-refractivity contribution in [3.63, 3.8) is 0 Å². The number of carbonyl (C=O) groups is 1. The smallest absolute Gasteiger partial charge is 0.156 e. The normalized spacial score (nSPS) is 36.2. The molecule has 0 saturated heterocycles. The SMILES string of the molecule is CC#C[C@]1(C(C)O)CC[C@H]2[C@@H]3CCC4=CC(=O)CCC4=C3[C@@H](c3ccc(SC)cc3)C[C@@]21C. The van der Waals surface area contributed by atoms with Crippen LogP contribution in [0, 0.1) is 34.5 Å². The Bertz CT molecular complexity index is 1080. The topological polar surface area (TPSA) is 37.3 Å². The summed E-state index contributed by atoms with van der Waals surface area (Å²) < 4.78 is 0. The Morgan fingerprint density at radius 3 is 2.58 bits per heavy atom. The average Bonchev–Trinajstić information content (AvgIpc) is 3.11. The van der Waals surface area contributed by atoms with Crippen molar-refractivity contribution in [2.75, 3.05) is 6.26 Å². The molecule has 6 atom stereocenters. The Balaban J connectivity index is 1.70. The van der Waals surface area contributed by atoms with Gasteiger partial charge in [-0.05, 0) is 111 Å². The van der Waals surface area contributed by atoms with Gasteiger partial charge < -0.3 is 5.11 Å². The Morgan fingerprint density at radius 1 is 1.15 bits per heavy atom. The van der Waals surface area contributed by atoms with Crippen molar-refractivity contribution in [2.24, 2.45) is 22.7 Å². The molecule has 0 aromatic heterocycles. The molecule has 3 heteroatoms. The molecule has 2 saturated carbocycles. The number of hydrogen-bond acceptors (Lipinski definition) is 3.